The molecule has 0 amide bonds. The zero-order valence-corrected chi connectivity index (χ0v) is 16.3. The van der Waals surface area contributed by atoms with Crippen LogP contribution in [-0.4, -0.2) is 46.6 Å². The third kappa shape index (κ3) is 4.14. The maximum absolute atomic E-state index is 5.58. The summed E-state index contributed by atoms with van der Waals surface area (Å²) >= 11 is 0. The second-order valence-corrected chi connectivity index (χ2v) is 7.05. The molecular weight excluding hydrogens is 354 g/mol. The minimum absolute atomic E-state index is 0.638. The zero-order valence-electron chi connectivity index (χ0n) is 16.3. The Bertz CT molecular complexity index is 917. The Labute approximate surface area is 164 Å². The lowest BCUT2D eigenvalue weighted by atomic mass is 10.0. The molecule has 0 unspecified atom stereocenters. The summed E-state index contributed by atoms with van der Waals surface area (Å²) in [5.41, 5.74) is 3.67. The van der Waals surface area contributed by atoms with E-state index in [1.807, 2.05) is 48.0 Å². The van der Waals surface area contributed by atoms with Gasteiger partial charge in [0, 0.05) is 31.5 Å². The van der Waals surface area contributed by atoms with Crippen LogP contribution in [0.25, 0.3) is 16.9 Å². The summed E-state index contributed by atoms with van der Waals surface area (Å²) in [6.07, 6.45) is 5.95. The normalized spacial score (nSPS) is 14.8. The quantitative estimate of drug-likeness (QED) is 0.707. The molecule has 7 nitrogen and oxygen atoms in total. The molecule has 3 aromatic rings. The van der Waals surface area contributed by atoms with E-state index in [-0.39, 0.29) is 0 Å². The van der Waals surface area contributed by atoms with E-state index in [1.165, 1.54) is 0 Å². The fourth-order valence-electron chi connectivity index (χ4n) is 3.38. The lowest BCUT2D eigenvalue weighted by Crippen LogP contribution is -2.23. The van der Waals surface area contributed by atoms with E-state index in [4.69, 9.17) is 9.47 Å². The molecule has 1 aliphatic heterocycles. The maximum Gasteiger partial charge on any atom is 0.148 e. The highest BCUT2D eigenvalue weighted by molar-refractivity contribution is 5.65. The molecule has 4 rings (SSSR count). The highest BCUT2D eigenvalue weighted by atomic mass is 16.5. The Morgan fingerprint density at radius 2 is 2.04 bits per heavy atom. The molecule has 0 bridgehead atoms. The first-order chi connectivity index (χ1) is 13.7. The van der Waals surface area contributed by atoms with E-state index in [0.29, 0.717) is 5.92 Å². The number of nitrogens with one attached hydrogen (secondary N) is 1. The average molecular weight is 379 g/mol. The van der Waals surface area contributed by atoms with Gasteiger partial charge in [0.2, 0.25) is 0 Å². The van der Waals surface area contributed by atoms with Crippen LogP contribution in [0.1, 0.15) is 18.5 Å². The second kappa shape index (κ2) is 8.39. The van der Waals surface area contributed by atoms with Crippen LogP contribution in [-0.2, 0) is 4.74 Å². The number of methoxy groups -OCH3 is 1. The lowest BCUT2D eigenvalue weighted by Gasteiger charge is -2.22. The Hall–Kier alpha value is -2.93. The van der Waals surface area contributed by atoms with Crippen molar-refractivity contribution in [3.05, 3.63) is 48.5 Å². The van der Waals surface area contributed by atoms with E-state index in [1.54, 1.807) is 13.4 Å². The SMILES string of the molecule is COc1cc(-c2ccc(NCC3CCOCC3)nn2)ccc1-n1cnc(C)c1. The van der Waals surface area contributed by atoms with Gasteiger partial charge in [-0.1, -0.05) is 6.07 Å². The first-order valence-corrected chi connectivity index (χ1v) is 9.57. The van der Waals surface area contributed by atoms with Gasteiger partial charge in [-0.2, -0.15) is 0 Å². The molecule has 146 valence electrons. The van der Waals surface area contributed by atoms with Crippen molar-refractivity contribution in [2.45, 2.75) is 19.8 Å². The van der Waals surface area contributed by atoms with Crippen LogP contribution in [0.2, 0.25) is 0 Å². The molecule has 3 heterocycles. The maximum atomic E-state index is 5.58. The number of ether oxygens (including phenoxy) is 2. The van der Waals surface area contributed by atoms with Crippen LogP contribution >= 0.6 is 0 Å². The van der Waals surface area contributed by atoms with Gasteiger partial charge in [0.25, 0.3) is 0 Å². The first kappa shape index (κ1) is 18.4. The van der Waals surface area contributed by atoms with Crippen molar-refractivity contribution < 1.29 is 9.47 Å². The molecule has 1 N–H and O–H groups in total. The summed E-state index contributed by atoms with van der Waals surface area (Å²) in [6.45, 7) is 4.58. The standard InChI is InChI=1S/C21H25N5O2/c1-15-13-26(14-23-15)19-5-3-17(11-20(19)27-2)18-4-6-21(25-24-18)22-12-16-7-9-28-10-8-16/h3-6,11,13-14,16H,7-10,12H2,1-2H3,(H,22,25). The number of rotatable bonds is 6. The molecule has 1 fully saturated rings. The monoisotopic (exact) mass is 379 g/mol. The molecule has 0 spiro atoms. The molecule has 1 aliphatic rings. The number of anilines is 1. The molecule has 7 heteroatoms. The minimum atomic E-state index is 0.638. The molecule has 0 radical (unpaired) electrons. The number of hydrogen-bond donors (Lipinski definition) is 1. The number of imidazole rings is 1. The topological polar surface area (TPSA) is 74.1 Å². The van der Waals surface area contributed by atoms with Gasteiger partial charge in [0.1, 0.15) is 11.6 Å². The van der Waals surface area contributed by atoms with E-state index in [0.717, 1.165) is 66.8 Å². The Morgan fingerprint density at radius 3 is 2.71 bits per heavy atom. The van der Waals surface area contributed by atoms with E-state index in [9.17, 15) is 0 Å². The van der Waals surface area contributed by atoms with Crippen molar-refractivity contribution >= 4 is 5.82 Å². The van der Waals surface area contributed by atoms with Gasteiger partial charge >= 0.3 is 0 Å². The molecule has 0 atom stereocenters. The Morgan fingerprint density at radius 1 is 1.18 bits per heavy atom. The van der Waals surface area contributed by atoms with E-state index >= 15 is 0 Å². The van der Waals surface area contributed by atoms with Crippen LogP contribution in [0.5, 0.6) is 5.75 Å². The highest BCUT2D eigenvalue weighted by Crippen LogP contribution is 2.29. The van der Waals surface area contributed by atoms with Gasteiger partial charge in [0.05, 0.1) is 30.5 Å². The van der Waals surface area contributed by atoms with Crippen molar-refractivity contribution in [1.29, 1.82) is 0 Å². The zero-order chi connectivity index (χ0) is 19.3. The first-order valence-electron chi connectivity index (χ1n) is 9.57. The summed E-state index contributed by atoms with van der Waals surface area (Å²) in [7, 11) is 1.67. The predicted octanol–water partition coefficient (Wildman–Crippen LogP) is 3.48. The van der Waals surface area contributed by atoms with Crippen LogP contribution in [0.15, 0.2) is 42.9 Å². The fourth-order valence-corrected chi connectivity index (χ4v) is 3.38. The van der Waals surface area contributed by atoms with Crippen LogP contribution in [0.4, 0.5) is 5.82 Å². The summed E-state index contributed by atoms with van der Waals surface area (Å²) in [5.74, 6) is 2.20. The van der Waals surface area contributed by atoms with Crippen molar-refractivity contribution in [2.75, 3.05) is 32.2 Å². The van der Waals surface area contributed by atoms with Crippen LogP contribution < -0.4 is 10.1 Å². The average Bonchev–Trinajstić information content (AvgIpc) is 3.19. The smallest absolute Gasteiger partial charge is 0.148 e. The van der Waals surface area contributed by atoms with Gasteiger partial charge in [-0.3, -0.25) is 0 Å². The van der Waals surface area contributed by atoms with Gasteiger partial charge < -0.3 is 19.4 Å². The van der Waals surface area contributed by atoms with Crippen molar-refractivity contribution in [1.82, 2.24) is 19.7 Å². The van der Waals surface area contributed by atoms with Crippen LogP contribution in [0, 0.1) is 12.8 Å². The van der Waals surface area contributed by atoms with Crippen molar-refractivity contribution in [3.63, 3.8) is 0 Å². The third-order valence-corrected chi connectivity index (χ3v) is 5.04. The second-order valence-electron chi connectivity index (χ2n) is 7.05. The summed E-state index contributed by atoms with van der Waals surface area (Å²) < 4.78 is 12.9. The van der Waals surface area contributed by atoms with E-state index in [2.05, 4.69) is 20.5 Å². The number of aryl methyl sites for hydroxylation is 1. The lowest BCUT2D eigenvalue weighted by molar-refractivity contribution is 0.0699. The molecule has 1 aromatic carbocycles. The molecular formula is C21H25N5O2. The van der Waals surface area contributed by atoms with Crippen molar-refractivity contribution in [3.8, 4) is 22.7 Å². The molecule has 0 aliphatic carbocycles. The number of hydrogen-bond acceptors (Lipinski definition) is 6. The predicted molar refractivity (Wildman–Crippen MR) is 108 cm³/mol. The Kier molecular flexibility index (Phi) is 5.53. The fraction of sp³-hybridized carbons (Fsp3) is 0.381. The largest absolute Gasteiger partial charge is 0.495 e. The molecule has 0 saturated carbocycles. The summed E-state index contributed by atoms with van der Waals surface area (Å²) in [5, 5.41) is 12.1. The van der Waals surface area contributed by atoms with E-state index < -0.39 is 0 Å². The number of nitrogens with zero attached hydrogens (tertiary/aromatic N) is 4. The molecule has 2 aromatic heterocycles. The summed E-state index contributed by atoms with van der Waals surface area (Å²) in [4.78, 5) is 4.28. The minimum Gasteiger partial charge on any atom is -0.495 e. The third-order valence-electron chi connectivity index (χ3n) is 5.04. The molecule has 28 heavy (non-hydrogen) atoms. The van der Waals surface area contributed by atoms with Crippen LogP contribution in [0.3, 0.4) is 0 Å². The van der Waals surface area contributed by atoms with Crippen molar-refractivity contribution in [2.24, 2.45) is 5.92 Å². The number of benzene rings is 1. The van der Waals surface area contributed by atoms with Gasteiger partial charge in [-0.25, -0.2) is 4.98 Å². The number of aromatic nitrogens is 4. The van der Waals surface area contributed by atoms with Gasteiger partial charge in [-0.15, -0.1) is 10.2 Å². The molecule has 1 saturated heterocycles. The Balaban J connectivity index is 1.47. The van der Waals surface area contributed by atoms with Gasteiger partial charge in [0.15, 0.2) is 0 Å². The van der Waals surface area contributed by atoms with Gasteiger partial charge in [-0.05, 0) is 49.9 Å². The highest BCUT2D eigenvalue weighted by Gasteiger charge is 2.14. The summed E-state index contributed by atoms with van der Waals surface area (Å²) in [6, 6.07) is 9.96.